The van der Waals surface area contributed by atoms with Crippen molar-refractivity contribution in [1.29, 1.82) is 0 Å². The van der Waals surface area contributed by atoms with E-state index in [-0.39, 0.29) is 23.3 Å². The molecule has 0 bridgehead atoms. The topological polar surface area (TPSA) is 63.4 Å². The summed E-state index contributed by atoms with van der Waals surface area (Å²) in [6.45, 7) is 2.27. The summed E-state index contributed by atoms with van der Waals surface area (Å²) in [5.74, 6) is -0.0379. The number of likely N-dealkylation sites (tertiary alicyclic amines) is 1. The Morgan fingerprint density at radius 1 is 1.43 bits per heavy atom. The monoisotopic (exact) mass is 286 g/mol. The quantitative estimate of drug-likeness (QED) is 0.896. The number of rotatable bonds is 2. The van der Waals surface area contributed by atoms with Gasteiger partial charge < -0.3 is 10.6 Å². The molecule has 2 N–H and O–H groups in total. The summed E-state index contributed by atoms with van der Waals surface area (Å²) in [7, 11) is 1.93. The third kappa shape index (κ3) is 2.23. The molecule has 0 unspecified atom stereocenters. The van der Waals surface area contributed by atoms with Gasteiger partial charge in [-0.2, -0.15) is 0 Å². The van der Waals surface area contributed by atoms with Crippen LogP contribution in [0.3, 0.4) is 0 Å². The Bertz CT molecular complexity index is 611. The lowest BCUT2D eigenvalue weighted by molar-refractivity contribution is -0.138. The molecule has 1 fully saturated rings. The fourth-order valence-electron chi connectivity index (χ4n) is 4.15. The van der Waals surface area contributed by atoms with E-state index >= 15 is 0 Å². The minimum absolute atomic E-state index is 0.0293. The summed E-state index contributed by atoms with van der Waals surface area (Å²) >= 11 is 0. The first-order valence-corrected chi connectivity index (χ1v) is 7.58. The van der Waals surface area contributed by atoms with Crippen molar-refractivity contribution < 1.29 is 9.59 Å². The molecule has 1 aromatic rings. The van der Waals surface area contributed by atoms with Crippen molar-refractivity contribution in [3.05, 3.63) is 34.9 Å². The largest absolute Gasteiger partial charge is 0.369 e. The number of aryl methyl sites for hydroxylation is 1. The summed E-state index contributed by atoms with van der Waals surface area (Å²) in [5, 5.41) is 0. The normalized spacial score (nSPS) is 28.0. The molecule has 1 saturated heterocycles. The van der Waals surface area contributed by atoms with Crippen LogP contribution in [0.5, 0.6) is 0 Å². The molecular formula is C17H22N2O2. The van der Waals surface area contributed by atoms with E-state index in [1.807, 2.05) is 18.0 Å². The van der Waals surface area contributed by atoms with Crippen LogP contribution in [0.15, 0.2) is 18.2 Å². The van der Waals surface area contributed by atoms with Crippen molar-refractivity contribution >= 4 is 11.8 Å². The Balaban J connectivity index is 1.99. The summed E-state index contributed by atoms with van der Waals surface area (Å²) in [4.78, 5) is 25.0. The van der Waals surface area contributed by atoms with E-state index in [0.717, 1.165) is 24.8 Å². The number of fused-ring (bicyclic) bond motifs is 3. The Kier molecular flexibility index (Phi) is 3.27. The second kappa shape index (κ2) is 4.86. The van der Waals surface area contributed by atoms with Gasteiger partial charge in [-0.25, -0.2) is 0 Å². The van der Waals surface area contributed by atoms with Crippen LogP contribution in [0.25, 0.3) is 0 Å². The molecule has 21 heavy (non-hydrogen) atoms. The standard InChI is InChI=1S/C17H22N2O2/c1-17-8-7-16(21)19(2)14(17)6-4-12-9-11(10-15(18)20)3-5-13(12)17/h3,5,9,14H,4,6-8,10H2,1-2H3,(H2,18,20)/t14-,17-/m1/s1. The molecule has 1 aliphatic heterocycles. The summed E-state index contributed by atoms with van der Waals surface area (Å²) < 4.78 is 0. The molecule has 0 radical (unpaired) electrons. The average molecular weight is 286 g/mol. The first-order valence-electron chi connectivity index (χ1n) is 7.58. The number of nitrogens with zero attached hydrogens (tertiary/aromatic N) is 1. The van der Waals surface area contributed by atoms with Crippen LogP contribution in [-0.2, 0) is 27.8 Å². The van der Waals surface area contributed by atoms with E-state index in [1.54, 1.807) is 0 Å². The maximum Gasteiger partial charge on any atom is 0.222 e. The minimum Gasteiger partial charge on any atom is -0.369 e. The van der Waals surface area contributed by atoms with Gasteiger partial charge in [-0.15, -0.1) is 0 Å². The molecule has 2 amide bonds. The van der Waals surface area contributed by atoms with E-state index in [4.69, 9.17) is 5.73 Å². The maximum atomic E-state index is 12.0. The lowest BCUT2D eigenvalue weighted by atomic mass is 9.63. The number of carbonyl (C=O) groups is 2. The summed E-state index contributed by atoms with van der Waals surface area (Å²) in [6, 6.07) is 6.56. The molecule has 1 aliphatic carbocycles. The number of amides is 2. The van der Waals surface area contributed by atoms with Gasteiger partial charge in [0, 0.05) is 24.9 Å². The Labute approximate surface area is 125 Å². The van der Waals surface area contributed by atoms with Gasteiger partial charge in [-0.3, -0.25) is 9.59 Å². The fraction of sp³-hybridized carbons (Fsp3) is 0.529. The molecule has 4 nitrogen and oxygen atoms in total. The molecule has 2 atom stereocenters. The molecular weight excluding hydrogens is 264 g/mol. The highest BCUT2D eigenvalue weighted by atomic mass is 16.2. The third-order valence-corrected chi connectivity index (χ3v) is 5.30. The van der Waals surface area contributed by atoms with Crippen molar-refractivity contribution in [2.75, 3.05) is 7.05 Å². The van der Waals surface area contributed by atoms with E-state index in [0.29, 0.717) is 12.8 Å². The van der Waals surface area contributed by atoms with Crippen molar-refractivity contribution in [2.24, 2.45) is 5.73 Å². The van der Waals surface area contributed by atoms with E-state index in [9.17, 15) is 9.59 Å². The Hall–Kier alpha value is -1.84. The zero-order valence-electron chi connectivity index (χ0n) is 12.7. The van der Waals surface area contributed by atoms with Gasteiger partial charge in [-0.05, 0) is 36.0 Å². The van der Waals surface area contributed by atoms with Gasteiger partial charge in [0.2, 0.25) is 11.8 Å². The van der Waals surface area contributed by atoms with Gasteiger partial charge in [0.15, 0.2) is 0 Å². The zero-order chi connectivity index (χ0) is 15.2. The molecule has 1 heterocycles. The summed E-state index contributed by atoms with van der Waals surface area (Å²) in [5.41, 5.74) is 8.96. The lowest BCUT2D eigenvalue weighted by Crippen LogP contribution is -2.56. The number of piperidine rings is 1. The zero-order valence-corrected chi connectivity index (χ0v) is 12.7. The van der Waals surface area contributed by atoms with Crippen molar-refractivity contribution in [3.63, 3.8) is 0 Å². The van der Waals surface area contributed by atoms with Crippen LogP contribution in [0.2, 0.25) is 0 Å². The van der Waals surface area contributed by atoms with Gasteiger partial charge >= 0.3 is 0 Å². The Morgan fingerprint density at radius 2 is 2.19 bits per heavy atom. The predicted molar refractivity (Wildman–Crippen MR) is 80.8 cm³/mol. The second-order valence-electron chi connectivity index (χ2n) is 6.61. The number of hydrogen-bond donors (Lipinski definition) is 1. The van der Waals surface area contributed by atoms with Crippen LogP contribution >= 0.6 is 0 Å². The second-order valence-corrected chi connectivity index (χ2v) is 6.61. The van der Waals surface area contributed by atoms with Crippen molar-refractivity contribution in [2.45, 2.75) is 50.5 Å². The average Bonchev–Trinajstić information content (AvgIpc) is 2.42. The number of likely N-dealkylation sites (N-methyl/N-ethyl adjacent to an activating group) is 1. The first-order chi connectivity index (χ1) is 9.91. The number of carbonyl (C=O) groups excluding carboxylic acids is 2. The molecule has 0 spiro atoms. The maximum absolute atomic E-state index is 12.0. The molecule has 0 saturated carbocycles. The number of nitrogens with two attached hydrogens (primary N) is 1. The van der Waals surface area contributed by atoms with Gasteiger partial charge in [0.05, 0.1) is 6.42 Å². The number of hydrogen-bond acceptors (Lipinski definition) is 2. The summed E-state index contributed by atoms with van der Waals surface area (Å²) in [6.07, 6.45) is 3.77. The van der Waals surface area contributed by atoms with Crippen molar-refractivity contribution in [3.8, 4) is 0 Å². The molecule has 0 aromatic heterocycles. The fourth-order valence-corrected chi connectivity index (χ4v) is 4.15. The van der Waals surface area contributed by atoms with Gasteiger partial charge in [0.1, 0.15) is 0 Å². The highest BCUT2D eigenvalue weighted by Gasteiger charge is 2.46. The predicted octanol–water partition coefficient (Wildman–Crippen LogP) is 1.54. The lowest BCUT2D eigenvalue weighted by Gasteiger charge is -2.50. The van der Waals surface area contributed by atoms with Crippen molar-refractivity contribution in [1.82, 2.24) is 4.90 Å². The van der Waals surface area contributed by atoms with E-state index in [1.165, 1.54) is 11.1 Å². The highest BCUT2D eigenvalue weighted by molar-refractivity contribution is 5.78. The molecule has 3 rings (SSSR count). The minimum atomic E-state index is -0.294. The number of benzene rings is 1. The van der Waals surface area contributed by atoms with Crippen LogP contribution in [0, 0.1) is 0 Å². The van der Waals surface area contributed by atoms with E-state index in [2.05, 4.69) is 19.1 Å². The molecule has 112 valence electrons. The van der Waals surface area contributed by atoms with Crippen LogP contribution < -0.4 is 5.73 Å². The Morgan fingerprint density at radius 3 is 2.90 bits per heavy atom. The van der Waals surface area contributed by atoms with Crippen LogP contribution in [-0.4, -0.2) is 29.8 Å². The highest BCUT2D eigenvalue weighted by Crippen LogP contribution is 2.45. The third-order valence-electron chi connectivity index (χ3n) is 5.30. The van der Waals surface area contributed by atoms with E-state index < -0.39 is 0 Å². The molecule has 1 aromatic carbocycles. The molecule has 4 heteroatoms. The first kappa shape index (κ1) is 14.1. The number of primary amides is 1. The van der Waals surface area contributed by atoms with Gasteiger partial charge in [0.25, 0.3) is 0 Å². The van der Waals surface area contributed by atoms with Crippen LogP contribution in [0.1, 0.15) is 42.9 Å². The van der Waals surface area contributed by atoms with Gasteiger partial charge in [-0.1, -0.05) is 25.1 Å². The van der Waals surface area contributed by atoms with Crippen LogP contribution in [0.4, 0.5) is 0 Å². The smallest absolute Gasteiger partial charge is 0.222 e. The SMILES string of the molecule is CN1C(=O)CC[C@]2(C)c3ccc(CC(N)=O)cc3CC[C@@H]12. The molecule has 2 aliphatic rings.